The van der Waals surface area contributed by atoms with Crippen molar-refractivity contribution in [2.75, 3.05) is 6.61 Å². The largest absolute Gasteiger partial charge is 0.481 e. The number of rotatable bonds is 7. The maximum absolute atomic E-state index is 13.8. The molecule has 0 radical (unpaired) electrons. The Hall–Kier alpha value is -3.49. The van der Waals surface area contributed by atoms with Crippen LogP contribution in [0.25, 0.3) is 0 Å². The Bertz CT molecular complexity index is 841. The lowest BCUT2D eigenvalue weighted by Crippen LogP contribution is -2.36. The number of benzene rings is 2. The number of carboxylic acids is 1. The number of amides is 1. The second-order valence-corrected chi connectivity index (χ2v) is 5.37. The third-order valence-electron chi connectivity index (χ3n) is 3.45. The lowest BCUT2D eigenvalue weighted by Gasteiger charge is -2.16. The van der Waals surface area contributed by atoms with Gasteiger partial charge in [0.15, 0.2) is 11.6 Å². The molecule has 2 aromatic rings. The maximum atomic E-state index is 13.8. The van der Waals surface area contributed by atoms with Crippen molar-refractivity contribution in [3.05, 3.63) is 75.1 Å². The Balaban J connectivity index is 2.39. The summed E-state index contributed by atoms with van der Waals surface area (Å²) >= 11 is 0. The minimum absolute atomic E-state index is 0.0686. The minimum atomic E-state index is -1.33. The third-order valence-corrected chi connectivity index (χ3v) is 3.45. The van der Waals surface area contributed by atoms with Crippen LogP contribution in [0.1, 0.15) is 21.5 Å². The van der Waals surface area contributed by atoms with Crippen LogP contribution < -0.4 is 4.74 Å². The number of nitro groups is 1. The number of ether oxygens (including phenoxy) is 1. The molecule has 0 bridgehead atoms. The fourth-order valence-corrected chi connectivity index (χ4v) is 2.19. The van der Waals surface area contributed by atoms with Crippen LogP contribution in [0.5, 0.6) is 5.75 Å². The summed E-state index contributed by atoms with van der Waals surface area (Å²) in [6, 6.07) is 10.2. The summed E-state index contributed by atoms with van der Waals surface area (Å²) in [5.41, 5.74) is 0.293. The van der Waals surface area contributed by atoms with Crippen molar-refractivity contribution in [1.29, 1.82) is 0 Å². The first kappa shape index (κ1) is 18.8. The molecule has 1 N–H and O–H groups in total. The average molecular weight is 362 g/mol. The number of hydrogen-bond donors (Lipinski definition) is 1. The topological polar surface area (TPSA) is 110 Å². The minimum Gasteiger partial charge on any atom is -0.481 e. The molecule has 0 unspecified atom stereocenters. The van der Waals surface area contributed by atoms with E-state index < -0.39 is 29.3 Å². The van der Waals surface area contributed by atoms with Crippen molar-refractivity contribution in [2.24, 2.45) is 0 Å². The molecule has 2 aromatic carbocycles. The van der Waals surface area contributed by atoms with E-state index in [2.05, 4.69) is 0 Å². The number of carbonyl (C=O) groups is 2. The summed E-state index contributed by atoms with van der Waals surface area (Å²) in [6.45, 7) is 0.238. The van der Waals surface area contributed by atoms with Gasteiger partial charge in [-0.3, -0.25) is 4.79 Å². The van der Waals surface area contributed by atoms with Gasteiger partial charge in [0.1, 0.15) is 18.1 Å². The predicted octanol–water partition coefficient (Wildman–Crippen LogP) is 2.43. The van der Waals surface area contributed by atoms with E-state index in [-0.39, 0.29) is 23.4 Å². The van der Waals surface area contributed by atoms with Crippen LogP contribution in [0.4, 0.5) is 4.39 Å². The normalized spacial score (nSPS) is 10.2. The number of aryl methyl sites for hydroxylation is 1. The Morgan fingerprint density at radius 2 is 1.92 bits per heavy atom. The molecule has 0 saturated heterocycles. The molecule has 9 heteroatoms. The number of aliphatic carboxylic acids is 1. The van der Waals surface area contributed by atoms with Gasteiger partial charge in [0, 0.05) is 6.07 Å². The van der Waals surface area contributed by atoms with Crippen molar-refractivity contribution in [1.82, 2.24) is 5.01 Å². The van der Waals surface area contributed by atoms with Crippen molar-refractivity contribution >= 4 is 11.9 Å². The van der Waals surface area contributed by atoms with Gasteiger partial charge in [-0.15, -0.1) is 0 Å². The molecule has 0 fully saturated rings. The second kappa shape index (κ2) is 8.06. The number of carboxylic acid groups (broad SMARTS) is 1. The van der Waals surface area contributed by atoms with E-state index in [4.69, 9.17) is 9.84 Å². The van der Waals surface area contributed by atoms with Gasteiger partial charge in [-0.1, -0.05) is 35.3 Å². The van der Waals surface area contributed by atoms with Gasteiger partial charge in [-0.2, -0.15) is 0 Å². The summed E-state index contributed by atoms with van der Waals surface area (Å²) in [6.07, 6.45) is 0. The molecule has 26 heavy (non-hydrogen) atoms. The van der Waals surface area contributed by atoms with Crippen LogP contribution in [0.15, 0.2) is 42.5 Å². The Kier molecular flexibility index (Phi) is 5.84. The molecular formula is C17H15FN2O6. The predicted molar refractivity (Wildman–Crippen MR) is 87.6 cm³/mol. The zero-order valence-corrected chi connectivity index (χ0v) is 13.7. The van der Waals surface area contributed by atoms with Crippen LogP contribution in [0.2, 0.25) is 0 Å². The molecule has 0 aliphatic carbocycles. The highest BCUT2D eigenvalue weighted by molar-refractivity contribution is 5.96. The van der Waals surface area contributed by atoms with E-state index in [1.54, 1.807) is 30.3 Å². The van der Waals surface area contributed by atoms with E-state index >= 15 is 0 Å². The van der Waals surface area contributed by atoms with Gasteiger partial charge in [-0.25, -0.2) is 19.3 Å². The van der Waals surface area contributed by atoms with E-state index in [1.165, 1.54) is 6.92 Å². The smallest absolute Gasteiger partial charge is 0.341 e. The lowest BCUT2D eigenvalue weighted by atomic mass is 10.1. The van der Waals surface area contributed by atoms with Crippen LogP contribution in [-0.4, -0.2) is 33.6 Å². The lowest BCUT2D eigenvalue weighted by molar-refractivity contribution is -0.635. The molecule has 0 atom stereocenters. The standard InChI is InChI=1S/C17H15FN2O6/c1-11-7-13(15(8-14(11)18)26-10-16(21)22)17(23)19(20(24)25)9-12-5-3-2-4-6-12/h2-8H,9-10H2,1H3,(H,21,22). The van der Waals surface area contributed by atoms with Crippen LogP contribution in [0, 0.1) is 22.9 Å². The van der Waals surface area contributed by atoms with E-state index in [0.717, 1.165) is 12.1 Å². The highest BCUT2D eigenvalue weighted by atomic mass is 19.1. The number of carbonyl (C=O) groups excluding carboxylic acids is 1. The summed E-state index contributed by atoms with van der Waals surface area (Å²) in [5.74, 6) is -3.47. The second-order valence-electron chi connectivity index (χ2n) is 5.37. The zero-order chi connectivity index (χ0) is 19.3. The first-order valence-electron chi connectivity index (χ1n) is 7.44. The molecule has 0 heterocycles. The van der Waals surface area contributed by atoms with Gasteiger partial charge < -0.3 is 9.84 Å². The summed E-state index contributed by atoms with van der Waals surface area (Å²) in [7, 11) is 0. The molecule has 0 aromatic heterocycles. The van der Waals surface area contributed by atoms with E-state index in [0.29, 0.717) is 10.6 Å². The number of hydrazine groups is 1. The van der Waals surface area contributed by atoms with Crippen LogP contribution >= 0.6 is 0 Å². The molecule has 0 spiro atoms. The first-order valence-corrected chi connectivity index (χ1v) is 7.44. The molecular weight excluding hydrogens is 347 g/mol. The number of halogens is 1. The Labute approximate surface area is 147 Å². The molecule has 8 nitrogen and oxygen atoms in total. The average Bonchev–Trinajstić information content (AvgIpc) is 2.60. The molecule has 0 aliphatic rings. The summed E-state index contributed by atoms with van der Waals surface area (Å²) < 4.78 is 18.7. The molecule has 136 valence electrons. The van der Waals surface area contributed by atoms with Crippen LogP contribution in [0.3, 0.4) is 0 Å². The monoisotopic (exact) mass is 362 g/mol. The van der Waals surface area contributed by atoms with Gasteiger partial charge in [0.05, 0.1) is 5.56 Å². The van der Waals surface area contributed by atoms with Gasteiger partial charge >= 0.3 is 11.9 Å². The highest BCUT2D eigenvalue weighted by Gasteiger charge is 2.29. The van der Waals surface area contributed by atoms with Crippen molar-refractivity contribution in [3.8, 4) is 5.75 Å². The fraction of sp³-hybridized carbons (Fsp3) is 0.176. The zero-order valence-electron chi connectivity index (χ0n) is 13.7. The molecule has 0 aliphatic heterocycles. The van der Waals surface area contributed by atoms with Crippen LogP contribution in [-0.2, 0) is 11.3 Å². The molecule has 2 rings (SSSR count). The van der Waals surface area contributed by atoms with Gasteiger partial charge in [0.2, 0.25) is 0 Å². The molecule has 1 amide bonds. The van der Waals surface area contributed by atoms with E-state index in [1.807, 2.05) is 0 Å². The Morgan fingerprint density at radius 1 is 1.27 bits per heavy atom. The van der Waals surface area contributed by atoms with Crippen molar-refractivity contribution in [3.63, 3.8) is 0 Å². The number of hydrogen-bond acceptors (Lipinski definition) is 5. The van der Waals surface area contributed by atoms with E-state index in [9.17, 15) is 24.1 Å². The van der Waals surface area contributed by atoms with Crippen molar-refractivity contribution in [2.45, 2.75) is 13.5 Å². The quantitative estimate of drug-likeness (QED) is 0.598. The highest BCUT2D eigenvalue weighted by Crippen LogP contribution is 2.25. The maximum Gasteiger partial charge on any atom is 0.341 e. The summed E-state index contributed by atoms with van der Waals surface area (Å²) in [4.78, 5) is 34.7. The van der Waals surface area contributed by atoms with Crippen molar-refractivity contribution < 1.29 is 28.9 Å². The third kappa shape index (κ3) is 4.53. The fourth-order valence-electron chi connectivity index (χ4n) is 2.19. The molecule has 0 saturated carbocycles. The Morgan fingerprint density at radius 3 is 2.50 bits per heavy atom. The number of nitrogens with zero attached hydrogens (tertiary/aromatic N) is 2. The summed E-state index contributed by atoms with van der Waals surface area (Å²) in [5, 5.41) is 19.5. The van der Waals surface area contributed by atoms with Gasteiger partial charge in [0.25, 0.3) is 0 Å². The van der Waals surface area contributed by atoms with Gasteiger partial charge in [-0.05, 0) is 24.1 Å². The SMILES string of the molecule is Cc1cc(C(=O)N(Cc2ccccc2)[N+](=O)[O-])c(OCC(=O)O)cc1F. The first-order chi connectivity index (χ1) is 12.3.